The summed E-state index contributed by atoms with van der Waals surface area (Å²) in [7, 11) is 1.55. The van der Waals surface area contributed by atoms with E-state index in [0.717, 1.165) is 22.9 Å². The van der Waals surface area contributed by atoms with Gasteiger partial charge in [-0.3, -0.25) is 19.8 Å². The number of rotatable bonds is 7. The predicted octanol–water partition coefficient (Wildman–Crippen LogP) is 5.82. The number of aryl methyl sites for hydroxylation is 1. The molecule has 4 aromatic carbocycles. The minimum atomic E-state index is -0.544. The first-order chi connectivity index (χ1) is 18.5. The number of hydrogen-bond acceptors (Lipinski definition) is 5. The number of thiocarbonyl (C=S) groups is 1. The third-order valence-electron chi connectivity index (χ3n) is 6.41. The van der Waals surface area contributed by atoms with Crippen LogP contribution in [0, 0.1) is 0 Å². The molecule has 6 nitrogen and oxygen atoms in total. The molecule has 0 atom stereocenters. The molecular weight excluding hydrogens is 496 g/mol. The van der Waals surface area contributed by atoms with Crippen LogP contribution in [-0.2, 0) is 22.6 Å². The van der Waals surface area contributed by atoms with Gasteiger partial charge >= 0.3 is 0 Å². The standard InChI is InChI=1S/C31H26N2O4S/c1-3-20-9-13-25(14-10-20)33-30(35)26(29(34)32-31(33)38)17-21-11-15-27(28(18-21)36-2)37-19-22-8-12-23-6-4-5-7-24(23)16-22/h4-18H,3,19H2,1-2H3,(H,32,34,38)/b26-17+. The van der Waals surface area contributed by atoms with E-state index in [4.69, 9.17) is 21.7 Å². The second-order valence-electron chi connectivity index (χ2n) is 8.86. The number of fused-ring (bicyclic) bond motifs is 1. The van der Waals surface area contributed by atoms with Gasteiger partial charge in [-0.1, -0.05) is 61.5 Å². The van der Waals surface area contributed by atoms with Crippen molar-refractivity contribution in [3.05, 3.63) is 107 Å². The fourth-order valence-electron chi connectivity index (χ4n) is 4.32. The van der Waals surface area contributed by atoms with Crippen LogP contribution in [0.25, 0.3) is 16.8 Å². The molecule has 7 heteroatoms. The molecule has 1 saturated heterocycles. The van der Waals surface area contributed by atoms with Crippen molar-refractivity contribution in [2.45, 2.75) is 20.0 Å². The lowest BCUT2D eigenvalue weighted by Crippen LogP contribution is -2.54. The second-order valence-corrected chi connectivity index (χ2v) is 9.25. The minimum Gasteiger partial charge on any atom is -0.493 e. The monoisotopic (exact) mass is 522 g/mol. The third kappa shape index (κ3) is 5.14. The number of carbonyl (C=O) groups excluding carboxylic acids is 2. The van der Waals surface area contributed by atoms with Crippen molar-refractivity contribution in [1.29, 1.82) is 0 Å². The van der Waals surface area contributed by atoms with Gasteiger partial charge in [-0.2, -0.15) is 0 Å². The number of nitrogens with one attached hydrogen (secondary N) is 1. The molecule has 0 radical (unpaired) electrons. The highest BCUT2D eigenvalue weighted by atomic mass is 32.1. The largest absolute Gasteiger partial charge is 0.493 e. The normalized spacial score (nSPS) is 14.6. The average molecular weight is 523 g/mol. The summed E-state index contributed by atoms with van der Waals surface area (Å²) in [5.74, 6) is 0.0167. The lowest BCUT2D eigenvalue weighted by molar-refractivity contribution is -0.122. The number of anilines is 1. The molecule has 4 aromatic rings. The number of amides is 2. The van der Waals surface area contributed by atoms with E-state index in [0.29, 0.717) is 29.4 Å². The van der Waals surface area contributed by atoms with E-state index in [1.54, 1.807) is 25.3 Å². The zero-order valence-corrected chi connectivity index (χ0v) is 21.9. The van der Waals surface area contributed by atoms with Gasteiger partial charge in [-0.25, -0.2) is 0 Å². The highest BCUT2D eigenvalue weighted by Crippen LogP contribution is 2.31. The third-order valence-corrected chi connectivity index (χ3v) is 6.70. The molecule has 2 amide bonds. The molecule has 1 heterocycles. The molecule has 5 rings (SSSR count). The highest BCUT2D eigenvalue weighted by molar-refractivity contribution is 7.80. The van der Waals surface area contributed by atoms with Crippen LogP contribution in [-0.4, -0.2) is 24.0 Å². The number of hydrogen-bond donors (Lipinski definition) is 1. The Hall–Kier alpha value is -4.49. The zero-order chi connectivity index (χ0) is 26.6. The van der Waals surface area contributed by atoms with Crippen molar-refractivity contribution in [3.63, 3.8) is 0 Å². The Morgan fingerprint density at radius 1 is 0.868 bits per heavy atom. The van der Waals surface area contributed by atoms with Crippen molar-refractivity contribution >= 4 is 51.7 Å². The molecule has 190 valence electrons. The quantitative estimate of drug-likeness (QED) is 0.188. The number of nitrogens with zero attached hydrogens (tertiary/aromatic N) is 1. The lowest BCUT2D eigenvalue weighted by atomic mass is 10.1. The van der Waals surface area contributed by atoms with Crippen LogP contribution < -0.4 is 19.7 Å². The topological polar surface area (TPSA) is 67.9 Å². The van der Waals surface area contributed by atoms with E-state index >= 15 is 0 Å². The van der Waals surface area contributed by atoms with Crippen LogP contribution in [0.5, 0.6) is 11.5 Å². The summed E-state index contributed by atoms with van der Waals surface area (Å²) in [5, 5.41) is 4.99. The number of methoxy groups -OCH3 is 1. The van der Waals surface area contributed by atoms with Gasteiger partial charge in [0.15, 0.2) is 16.6 Å². The molecule has 1 N–H and O–H groups in total. The van der Waals surface area contributed by atoms with Gasteiger partial charge in [0.1, 0.15) is 12.2 Å². The molecule has 0 spiro atoms. The maximum atomic E-state index is 13.3. The Kier molecular flexibility index (Phi) is 7.20. The van der Waals surface area contributed by atoms with Crippen molar-refractivity contribution in [1.82, 2.24) is 5.32 Å². The van der Waals surface area contributed by atoms with E-state index in [2.05, 4.69) is 36.5 Å². The van der Waals surface area contributed by atoms with Gasteiger partial charge in [0.25, 0.3) is 11.8 Å². The van der Waals surface area contributed by atoms with Gasteiger partial charge in [0, 0.05) is 0 Å². The number of carbonyl (C=O) groups is 2. The summed E-state index contributed by atoms with van der Waals surface area (Å²) in [6.07, 6.45) is 2.41. The maximum absolute atomic E-state index is 13.3. The summed E-state index contributed by atoms with van der Waals surface area (Å²) in [5.41, 5.74) is 3.36. The first-order valence-corrected chi connectivity index (χ1v) is 12.7. The van der Waals surface area contributed by atoms with Gasteiger partial charge in [0.2, 0.25) is 0 Å². The molecule has 1 aliphatic rings. The summed E-state index contributed by atoms with van der Waals surface area (Å²) in [6.45, 7) is 2.42. The Morgan fingerprint density at radius 3 is 2.34 bits per heavy atom. The van der Waals surface area contributed by atoms with Gasteiger partial charge in [-0.05, 0) is 82.5 Å². The molecule has 0 aliphatic carbocycles. The average Bonchev–Trinajstić information content (AvgIpc) is 2.94. The summed E-state index contributed by atoms with van der Waals surface area (Å²) >= 11 is 5.30. The molecule has 1 fully saturated rings. The van der Waals surface area contributed by atoms with Crippen LogP contribution in [0.2, 0.25) is 0 Å². The van der Waals surface area contributed by atoms with Gasteiger partial charge < -0.3 is 9.47 Å². The Labute approximate surface area is 226 Å². The first kappa shape index (κ1) is 25.2. The second kappa shape index (κ2) is 10.9. The fourth-order valence-corrected chi connectivity index (χ4v) is 4.60. The molecule has 1 aliphatic heterocycles. The summed E-state index contributed by atoms with van der Waals surface area (Å²) < 4.78 is 11.6. The highest BCUT2D eigenvalue weighted by Gasteiger charge is 2.34. The Bertz CT molecular complexity index is 1580. The van der Waals surface area contributed by atoms with Crippen molar-refractivity contribution < 1.29 is 19.1 Å². The van der Waals surface area contributed by atoms with E-state index in [-0.39, 0.29) is 10.7 Å². The first-order valence-electron chi connectivity index (χ1n) is 12.3. The smallest absolute Gasteiger partial charge is 0.270 e. The van der Waals surface area contributed by atoms with Crippen LogP contribution >= 0.6 is 12.2 Å². The van der Waals surface area contributed by atoms with Crippen LogP contribution in [0.1, 0.15) is 23.6 Å². The molecule has 0 unspecified atom stereocenters. The van der Waals surface area contributed by atoms with E-state index in [9.17, 15) is 9.59 Å². The molecular formula is C31H26N2O4S. The van der Waals surface area contributed by atoms with Crippen molar-refractivity contribution in [2.75, 3.05) is 12.0 Å². The molecule has 38 heavy (non-hydrogen) atoms. The Morgan fingerprint density at radius 2 is 1.61 bits per heavy atom. The van der Waals surface area contributed by atoms with Crippen molar-refractivity contribution in [3.8, 4) is 11.5 Å². The predicted molar refractivity (Wildman–Crippen MR) is 153 cm³/mol. The van der Waals surface area contributed by atoms with Crippen LogP contribution in [0.15, 0.2) is 90.5 Å². The van der Waals surface area contributed by atoms with E-state index in [1.165, 1.54) is 16.4 Å². The summed E-state index contributed by atoms with van der Waals surface area (Å²) in [6, 6.07) is 27.2. The SMILES string of the molecule is CCc1ccc(N2C(=O)/C(=C/c3ccc(OCc4ccc5ccccc5c4)c(OC)c3)C(=O)NC2=S)cc1. The minimum absolute atomic E-state index is 0.0231. The molecule has 0 bridgehead atoms. The zero-order valence-electron chi connectivity index (χ0n) is 21.1. The van der Waals surface area contributed by atoms with E-state index in [1.807, 2.05) is 42.5 Å². The van der Waals surface area contributed by atoms with Crippen LogP contribution in [0.3, 0.4) is 0 Å². The maximum Gasteiger partial charge on any atom is 0.270 e. The van der Waals surface area contributed by atoms with Crippen LogP contribution in [0.4, 0.5) is 5.69 Å². The fraction of sp³-hybridized carbons (Fsp3) is 0.129. The van der Waals surface area contributed by atoms with Gasteiger partial charge in [-0.15, -0.1) is 0 Å². The lowest BCUT2D eigenvalue weighted by Gasteiger charge is -2.29. The van der Waals surface area contributed by atoms with Crippen molar-refractivity contribution in [2.24, 2.45) is 0 Å². The summed E-state index contributed by atoms with van der Waals surface area (Å²) in [4.78, 5) is 27.4. The molecule has 0 saturated carbocycles. The molecule has 0 aromatic heterocycles. The Balaban J connectivity index is 1.37. The number of ether oxygens (including phenoxy) is 2. The number of benzene rings is 4. The van der Waals surface area contributed by atoms with Gasteiger partial charge in [0.05, 0.1) is 12.8 Å². The van der Waals surface area contributed by atoms with E-state index < -0.39 is 11.8 Å².